The molecule has 1 N–H and O–H groups in total. The molecule has 0 amide bonds. The minimum absolute atomic E-state index is 0.528. The fourth-order valence-electron chi connectivity index (χ4n) is 3.99. The van der Waals surface area contributed by atoms with Crippen molar-refractivity contribution in [2.45, 2.75) is 46.2 Å². The summed E-state index contributed by atoms with van der Waals surface area (Å²) < 4.78 is 0. The molecule has 158 valence electrons. The number of hydrogen-bond donors (Lipinski definition) is 1. The van der Waals surface area contributed by atoms with E-state index in [-0.39, 0.29) is 0 Å². The van der Waals surface area contributed by atoms with Gasteiger partial charge in [-0.05, 0) is 51.4 Å². The molecule has 0 radical (unpaired) electrons. The lowest BCUT2D eigenvalue weighted by atomic mass is 10.1. The summed E-state index contributed by atoms with van der Waals surface area (Å²) in [5, 5.41) is 3.60. The largest absolute Gasteiger partial charge is 0.356 e. The molecule has 28 heavy (non-hydrogen) atoms. The van der Waals surface area contributed by atoms with Crippen LogP contribution >= 0.6 is 0 Å². The van der Waals surface area contributed by atoms with Crippen LogP contribution < -0.4 is 5.32 Å². The van der Waals surface area contributed by atoms with Crippen molar-refractivity contribution in [2.24, 2.45) is 10.9 Å². The lowest BCUT2D eigenvalue weighted by Crippen LogP contribution is -2.42. The van der Waals surface area contributed by atoms with Gasteiger partial charge in [-0.2, -0.15) is 0 Å². The zero-order valence-corrected chi connectivity index (χ0v) is 18.7. The minimum Gasteiger partial charge on any atom is -0.356 e. The molecule has 0 saturated carbocycles. The topological polar surface area (TPSA) is 34.1 Å². The molecule has 1 aliphatic rings. The van der Waals surface area contributed by atoms with Gasteiger partial charge in [0, 0.05) is 45.8 Å². The molecule has 2 atom stereocenters. The van der Waals surface area contributed by atoms with Gasteiger partial charge in [0.25, 0.3) is 0 Å². The summed E-state index contributed by atoms with van der Waals surface area (Å²) in [6.07, 6.45) is 2.38. The number of hydrogen-bond acceptors (Lipinski definition) is 3. The highest BCUT2D eigenvalue weighted by atomic mass is 15.3. The van der Waals surface area contributed by atoms with Crippen LogP contribution in [-0.4, -0.2) is 80.1 Å². The van der Waals surface area contributed by atoms with E-state index in [0.29, 0.717) is 6.04 Å². The Hall–Kier alpha value is -1.59. The molecule has 1 aromatic rings. The van der Waals surface area contributed by atoms with Crippen LogP contribution in [0.15, 0.2) is 35.3 Å². The number of guanidine groups is 1. The van der Waals surface area contributed by atoms with Gasteiger partial charge >= 0.3 is 0 Å². The second-order valence-corrected chi connectivity index (χ2v) is 8.10. The van der Waals surface area contributed by atoms with Crippen molar-refractivity contribution in [3.05, 3.63) is 35.9 Å². The van der Waals surface area contributed by atoms with Gasteiger partial charge in [0.1, 0.15) is 0 Å². The van der Waals surface area contributed by atoms with Gasteiger partial charge in [0.15, 0.2) is 5.96 Å². The van der Waals surface area contributed by atoms with Gasteiger partial charge in [-0.3, -0.25) is 9.89 Å². The fraction of sp³-hybridized carbons (Fsp3) is 0.696. The van der Waals surface area contributed by atoms with Crippen LogP contribution in [-0.2, 0) is 6.54 Å². The second kappa shape index (κ2) is 12.1. The van der Waals surface area contributed by atoms with E-state index >= 15 is 0 Å². The Morgan fingerprint density at radius 2 is 1.96 bits per heavy atom. The molecule has 0 spiro atoms. The van der Waals surface area contributed by atoms with Crippen molar-refractivity contribution in [1.29, 1.82) is 0 Å². The third-order valence-electron chi connectivity index (χ3n) is 6.08. The van der Waals surface area contributed by atoms with E-state index < -0.39 is 0 Å². The summed E-state index contributed by atoms with van der Waals surface area (Å²) in [5.74, 6) is 1.83. The van der Waals surface area contributed by atoms with E-state index in [1.165, 1.54) is 18.5 Å². The van der Waals surface area contributed by atoms with Crippen LogP contribution in [0.3, 0.4) is 0 Å². The van der Waals surface area contributed by atoms with Gasteiger partial charge in [-0.1, -0.05) is 44.2 Å². The van der Waals surface area contributed by atoms with E-state index in [1.54, 1.807) is 0 Å². The normalized spacial score (nSPS) is 18.9. The predicted octanol–water partition coefficient (Wildman–Crippen LogP) is 3.14. The van der Waals surface area contributed by atoms with Crippen LogP contribution in [0.25, 0.3) is 0 Å². The standard InChI is InChI=1S/C23H41N5/c1-6-27(7-2)18-22-14-16-28(19-22)23(24-4)25-15-13-20(3)26(5)17-21-11-9-8-10-12-21/h8-12,20,22H,6-7,13-19H2,1-5H3,(H,24,25). The first-order valence-corrected chi connectivity index (χ1v) is 11.0. The predicted molar refractivity (Wildman–Crippen MR) is 121 cm³/mol. The number of nitrogens with zero attached hydrogens (tertiary/aromatic N) is 4. The van der Waals surface area contributed by atoms with Gasteiger partial charge in [-0.25, -0.2) is 0 Å². The van der Waals surface area contributed by atoms with Crippen LogP contribution in [0.4, 0.5) is 0 Å². The summed E-state index contributed by atoms with van der Waals surface area (Å²) in [6, 6.07) is 11.2. The number of likely N-dealkylation sites (tertiary alicyclic amines) is 1. The first kappa shape index (κ1) is 22.7. The fourth-order valence-corrected chi connectivity index (χ4v) is 3.99. The van der Waals surface area contributed by atoms with Crippen LogP contribution in [0.2, 0.25) is 0 Å². The van der Waals surface area contributed by atoms with Crippen molar-refractivity contribution < 1.29 is 0 Å². The molecular weight excluding hydrogens is 346 g/mol. The summed E-state index contributed by atoms with van der Waals surface area (Å²) >= 11 is 0. The van der Waals surface area contributed by atoms with E-state index in [1.807, 2.05) is 7.05 Å². The van der Waals surface area contributed by atoms with E-state index in [9.17, 15) is 0 Å². The molecule has 0 aliphatic carbocycles. The maximum absolute atomic E-state index is 4.54. The summed E-state index contributed by atoms with van der Waals surface area (Å²) in [5.41, 5.74) is 1.37. The maximum Gasteiger partial charge on any atom is 0.193 e. The maximum atomic E-state index is 4.54. The first-order valence-electron chi connectivity index (χ1n) is 11.0. The summed E-state index contributed by atoms with van der Waals surface area (Å²) in [6.45, 7) is 14.5. The third kappa shape index (κ3) is 7.10. The average Bonchev–Trinajstić information content (AvgIpc) is 3.18. The zero-order valence-electron chi connectivity index (χ0n) is 18.7. The lowest BCUT2D eigenvalue weighted by Gasteiger charge is -2.27. The number of benzene rings is 1. The van der Waals surface area contributed by atoms with Crippen LogP contribution in [0.1, 0.15) is 39.2 Å². The smallest absolute Gasteiger partial charge is 0.193 e. The Balaban J connectivity index is 1.72. The summed E-state index contributed by atoms with van der Waals surface area (Å²) in [4.78, 5) is 11.9. The quantitative estimate of drug-likeness (QED) is 0.494. The van der Waals surface area contributed by atoms with Gasteiger partial charge < -0.3 is 15.1 Å². The lowest BCUT2D eigenvalue weighted by molar-refractivity contribution is 0.238. The molecule has 0 bridgehead atoms. The Bertz CT molecular complexity index is 570. The van der Waals surface area contributed by atoms with Crippen LogP contribution in [0.5, 0.6) is 0 Å². The van der Waals surface area contributed by atoms with Crippen molar-refractivity contribution in [1.82, 2.24) is 20.0 Å². The minimum atomic E-state index is 0.528. The van der Waals surface area contributed by atoms with Gasteiger partial charge in [-0.15, -0.1) is 0 Å². The number of nitrogens with one attached hydrogen (secondary N) is 1. The SMILES string of the molecule is CCN(CC)CC1CCN(C(=NC)NCCC(C)N(C)Cc2ccccc2)C1. The van der Waals surface area contributed by atoms with Crippen LogP contribution in [0, 0.1) is 5.92 Å². The molecular formula is C23H41N5. The molecule has 1 aliphatic heterocycles. The molecule has 0 aromatic heterocycles. The van der Waals surface area contributed by atoms with E-state index in [0.717, 1.165) is 57.6 Å². The molecule has 2 rings (SSSR count). The van der Waals surface area contributed by atoms with Crippen molar-refractivity contribution in [3.63, 3.8) is 0 Å². The Labute approximate surface area is 172 Å². The molecule has 1 aromatic carbocycles. The average molecular weight is 388 g/mol. The number of rotatable bonds is 10. The molecule has 5 nitrogen and oxygen atoms in total. The molecule has 5 heteroatoms. The Kier molecular flexibility index (Phi) is 9.79. The summed E-state index contributed by atoms with van der Waals surface area (Å²) in [7, 11) is 4.12. The number of aliphatic imine (C=N–C) groups is 1. The van der Waals surface area contributed by atoms with E-state index in [4.69, 9.17) is 0 Å². The Morgan fingerprint density at radius 1 is 1.25 bits per heavy atom. The monoisotopic (exact) mass is 387 g/mol. The van der Waals surface area contributed by atoms with Gasteiger partial charge in [0.2, 0.25) is 0 Å². The highest BCUT2D eigenvalue weighted by molar-refractivity contribution is 5.80. The zero-order chi connectivity index (χ0) is 20.4. The molecule has 2 unspecified atom stereocenters. The molecule has 1 saturated heterocycles. The highest BCUT2D eigenvalue weighted by Gasteiger charge is 2.25. The second-order valence-electron chi connectivity index (χ2n) is 8.10. The highest BCUT2D eigenvalue weighted by Crippen LogP contribution is 2.17. The first-order chi connectivity index (χ1) is 13.6. The third-order valence-corrected chi connectivity index (χ3v) is 6.08. The van der Waals surface area contributed by atoms with E-state index in [2.05, 4.69) is 83.2 Å². The van der Waals surface area contributed by atoms with Crippen molar-refractivity contribution >= 4 is 5.96 Å². The molecule has 1 heterocycles. The van der Waals surface area contributed by atoms with Gasteiger partial charge in [0.05, 0.1) is 0 Å². The van der Waals surface area contributed by atoms with Crippen molar-refractivity contribution in [3.8, 4) is 0 Å². The van der Waals surface area contributed by atoms with Crippen molar-refractivity contribution in [2.75, 3.05) is 53.4 Å². The Morgan fingerprint density at radius 3 is 2.61 bits per heavy atom. The molecule has 1 fully saturated rings.